The Balaban J connectivity index is 0.000000510. The highest BCUT2D eigenvalue weighted by molar-refractivity contribution is 6.34. The van der Waals surface area contributed by atoms with Crippen molar-refractivity contribution >= 4 is 46.1 Å². The number of aryl methyl sites for hydroxylation is 2. The minimum atomic E-state index is -1.38. The van der Waals surface area contributed by atoms with Crippen LogP contribution in [0.4, 0.5) is 24.8 Å². The molecule has 3 aromatic heterocycles. The summed E-state index contributed by atoms with van der Waals surface area (Å²) in [5.74, 6) is -6.43. The summed E-state index contributed by atoms with van der Waals surface area (Å²) in [6.45, 7) is -0.908. The van der Waals surface area contributed by atoms with Crippen molar-refractivity contribution in [1.82, 2.24) is 38.7 Å². The van der Waals surface area contributed by atoms with Gasteiger partial charge in [-0.25, -0.2) is 41.9 Å². The molecule has 0 spiro atoms. The van der Waals surface area contributed by atoms with Gasteiger partial charge in [-0.15, -0.1) is 0 Å². The second kappa shape index (κ2) is 13.2. The van der Waals surface area contributed by atoms with Gasteiger partial charge in [-0.1, -0.05) is 11.6 Å². The second-order valence-corrected chi connectivity index (χ2v) is 9.60. The van der Waals surface area contributed by atoms with E-state index in [4.69, 9.17) is 21.8 Å². The number of halogens is 4. The fourth-order valence-corrected chi connectivity index (χ4v) is 4.09. The van der Waals surface area contributed by atoms with Crippen LogP contribution in [0.1, 0.15) is 11.4 Å². The van der Waals surface area contributed by atoms with Crippen LogP contribution in [0.5, 0.6) is 0 Å². The van der Waals surface area contributed by atoms with Crippen LogP contribution in [-0.2, 0) is 36.8 Å². The van der Waals surface area contributed by atoms with Gasteiger partial charge in [0.1, 0.15) is 12.1 Å². The number of nitrogens with one attached hydrogen (secondary N) is 1. The maximum absolute atomic E-state index is 14.5. The van der Waals surface area contributed by atoms with Gasteiger partial charge in [0.05, 0.1) is 29.3 Å². The smallest absolute Gasteiger partial charge is 0.355 e. The average Bonchev–Trinajstić information content (AvgIpc) is 3.54. The molecule has 0 bridgehead atoms. The molecule has 0 aliphatic carbocycles. The Morgan fingerprint density at radius 3 is 2.20 bits per heavy atom. The van der Waals surface area contributed by atoms with Gasteiger partial charge >= 0.3 is 23.3 Å². The lowest BCUT2D eigenvalue weighted by molar-refractivity contribution is -0.134. The number of benzene rings is 2. The molecule has 0 amide bonds. The molecule has 15 nitrogen and oxygen atoms in total. The molecule has 234 valence electrons. The van der Waals surface area contributed by atoms with Crippen LogP contribution in [0.25, 0.3) is 10.9 Å². The molecule has 0 aliphatic rings. The Morgan fingerprint density at radius 1 is 0.911 bits per heavy atom. The average molecular weight is 648 g/mol. The summed E-state index contributed by atoms with van der Waals surface area (Å²) >= 11 is 6.38. The van der Waals surface area contributed by atoms with Crippen LogP contribution in [0.15, 0.2) is 58.5 Å². The van der Waals surface area contributed by atoms with Crippen LogP contribution in [0.2, 0.25) is 5.02 Å². The third-order valence-corrected chi connectivity index (χ3v) is 6.15. The lowest BCUT2D eigenvalue weighted by Crippen LogP contribution is -2.43. The molecule has 0 atom stereocenters. The number of carboxylic acids is 2. The first-order chi connectivity index (χ1) is 21.2. The number of anilines is 2. The molecule has 0 saturated carbocycles. The van der Waals surface area contributed by atoms with Crippen LogP contribution >= 0.6 is 11.6 Å². The first kappa shape index (κ1) is 32.1. The number of fused-ring (bicyclic) bond motifs is 1. The summed E-state index contributed by atoms with van der Waals surface area (Å²) in [6, 6.07) is 4.20. The minimum absolute atomic E-state index is 0.153. The fourth-order valence-electron chi connectivity index (χ4n) is 3.88. The number of hydrogen-bond acceptors (Lipinski definition) is 9. The molecule has 2 aromatic carbocycles. The number of aromatic nitrogens is 8. The summed E-state index contributed by atoms with van der Waals surface area (Å²) in [6.07, 6.45) is 4.23. The molecular weight excluding hydrogens is 627 g/mol. The molecular formula is C26H21ClF3N9O6. The van der Waals surface area contributed by atoms with Gasteiger partial charge in [0, 0.05) is 49.5 Å². The maximum Gasteiger partial charge on any atom is 0.355 e. The van der Waals surface area contributed by atoms with Crippen molar-refractivity contribution in [3.63, 3.8) is 0 Å². The lowest BCUT2D eigenvalue weighted by Gasteiger charge is -2.16. The Bertz CT molecular complexity index is 2070. The first-order valence-electron chi connectivity index (χ1n) is 12.4. The van der Waals surface area contributed by atoms with E-state index in [1.54, 1.807) is 37.1 Å². The zero-order valence-electron chi connectivity index (χ0n) is 23.2. The molecule has 5 aromatic rings. The Hall–Kier alpha value is -5.78. The van der Waals surface area contributed by atoms with Crippen LogP contribution in [0.3, 0.4) is 0 Å². The van der Waals surface area contributed by atoms with E-state index in [2.05, 4.69) is 25.5 Å². The molecule has 5 rings (SSSR count). The highest BCUT2D eigenvalue weighted by atomic mass is 35.5. The predicted molar refractivity (Wildman–Crippen MR) is 152 cm³/mol. The van der Waals surface area contributed by atoms with Gasteiger partial charge in [-0.2, -0.15) is 15.2 Å². The van der Waals surface area contributed by atoms with E-state index in [0.29, 0.717) is 35.2 Å². The van der Waals surface area contributed by atoms with Crippen LogP contribution in [0, 0.1) is 17.5 Å². The van der Waals surface area contributed by atoms with Crippen molar-refractivity contribution in [3.8, 4) is 0 Å². The fraction of sp³-hybridized carbons (Fsp3) is 0.154. The number of nitrogens with zero attached hydrogens (tertiary/aromatic N) is 8. The molecule has 0 saturated heterocycles. The Kier molecular flexibility index (Phi) is 9.46. The zero-order chi connectivity index (χ0) is 33.0. The minimum Gasteiger partial charge on any atom is -0.478 e. The van der Waals surface area contributed by atoms with Gasteiger partial charge in [-0.05, 0) is 18.2 Å². The highest BCUT2D eigenvalue weighted by Crippen LogP contribution is 2.29. The number of carboxylic acid groups (broad SMARTS) is 2. The number of carbonyl (C=O) groups is 2. The zero-order valence-corrected chi connectivity index (χ0v) is 23.9. The normalized spacial score (nSPS) is 11.1. The van der Waals surface area contributed by atoms with Crippen LogP contribution < -0.4 is 16.7 Å². The predicted octanol–water partition coefficient (Wildman–Crippen LogP) is 2.04. The van der Waals surface area contributed by atoms with Gasteiger partial charge in [0.25, 0.3) is 0 Å². The third-order valence-electron chi connectivity index (χ3n) is 5.84. The topological polar surface area (TPSA) is 192 Å². The summed E-state index contributed by atoms with van der Waals surface area (Å²) in [4.78, 5) is 53.3. The van der Waals surface area contributed by atoms with E-state index in [0.717, 1.165) is 9.13 Å². The van der Waals surface area contributed by atoms with Gasteiger partial charge in [0.15, 0.2) is 17.5 Å². The van der Waals surface area contributed by atoms with E-state index in [9.17, 15) is 32.3 Å². The van der Waals surface area contributed by atoms with Crippen molar-refractivity contribution in [1.29, 1.82) is 0 Å². The number of aliphatic carboxylic acids is 2. The molecule has 0 fully saturated rings. The molecule has 0 unspecified atom stereocenters. The van der Waals surface area contributed by atoms with Crippen molar-refractivity contribution in [3.05, 3.63) is 104 Å². The third kappa shape index (κ3) is 7.79. The highest BCUT2D eigenvalue weighted by Gasteiger charge is 2.19. The van der Waals surface area contributed by atoms with Gasteiger partial charge in [0.2, 0.25) is 5.95 Å². The molecule has 0 aliphatic heterocycles. The van der Waals surface area contributed by atoms with Crippen molar-refractivity contribution in [2.24, 2.45) is 14.1 Å². The van der Waals surface area contributed by atoms with Gasteiger partial charge in [-0.3, -0.25) is 13.9 Å². The largest absolute Gasteiger partial charge is 0.478 e. The standard InChI is InChI=1S/C22H17ClF3N9O2.C4H4O4/c1-32-7-12-4-18(13(23)5-17(12)30-32)28-20-29-21(36)35(9-19-27-10-33(2)31-19)22(37)34(20)8-11-3-15(25)16(26)6-14(11)24;5-3(6)1-2-4(7)8/h3-7,10H,8-9H2,1-2H3,(H,28,29,36);1-2H,(H,5,6)(H,7,8). The molecule has 3 N–H and O–H groups in total. The van der Waals surface area contributed by atoms with Crippen molar-refractivity contribution in [2.75, 3.05) is 5.32 Å². The quantitative estimate of drug-likeness (QED) is 0.165. The van der Waals surface area contributed by atoms with E-state index in [1.807, 2.05) is 0 Å². The van der Waals surface area contributed by atoms with E-state index in [-0.39, 0.29) is 34.6 Å². The number of hydrogen-bond donors (Lipinski definition) is 3. The van der Waals surface area contributed by atoms with Crippen LogP contribution in [-0.4, -0.2) is 60.8 Å². The number of rotatable bonds is 8. The van der Waals surface area contributed by atoms with Crippen molar-refractivity contribution in [2.45, 2.75) is 13.1 Å². The Morgan fingerprint density at radius 2 is 1.58 bits per heavy atom. The van der Waals surface area contributed by atoms with Gasteiger partial charge < -0.3 is 15.5 Å². The summed E-state index contributed by atoms with van der Waals surface area (Å²) in [7, 11) is 3.34. The molecule has 19 heteroatoms. The lowest BCUT2D eigenvalue weighted by atomic mass is 10.2. The monoisotopic (exact) mass is 647 g/mol. The molecule has 0 radical (unpaired) electrons. The maximum atomic E-state index is 14.5. The van der Waals surface area contributed by atoms with E-state index in [1.165, 1.54) is 11.0 Å². The SMILES string of the molecule is Cn1cnc(Cn2c(=O)nc(Nc3cc4cn(C)nc4cc3Cl)n(Cc3cc(F)c(F)cc3F)c2=O)n1.O=C(O)C=CC(=O)O. The van der Waals surface area contributed by atoms with Crippen molar-refractivity contribution < 1.29 is 33.0 Å². The van der Waals surface area contributed by atoms with E-state index >= 15 is 0 Å². The molecule has 45 heavy (non-hydrogen) atoms. The summed E-state index contributed by atoms with van der Waals surface area (Å²) < 4.78 is 46.5. The summed E-state index contributed by atoms with van der Waals surface area (Å²) in [5.41, 5.74) is -1.33. The first-order valence-corrected chi connectivity index (χ1v) is 12.8. The summed E-state index contributed by atoms with van der Waals surface area (Å²) in [5, 5.41) is 27.7. The molecule has 3 heterocycles. The second-order valence-electron chi connectivity index (χ2n) is 9.19. The van der Waals surface area contributed by atoms with E-state index < -0.39 is 47.3 Å². The Labute approximate surface area is 254 Å².